The number of β-amino-alcohol motifs (C(OH)–C–C–N with tert-alkyl or cyclic N) is 1. The van der Waals surface area contributed by atoms with Gasteiger partial charge in [0, 0.05) is 12.8 Å². The van der Waals surface area contributed by atoms with E-state index in [2.05, 4.69) is 0 Å². The Bertz CT molecular complexity index is 984. The Morgan fingerprint density at radius 2 is 1.77 bits per heavy atom. The minimum Gasteiger partial charge on any atom is -0.469 e. The maximum atomic E-state index is 13.5. The maximum Gasteiger partial charge on any atom is 0.314 e. The molecule has 156 valence electrons. The smallest absolute Gasteiger partial charge is 0.314 e. The number of rotatable bonds is 4. The van der Waals surface area contributed by atoms with Crippen molar-refractivity contribution in [1.29, 1.82) is 0 Å². The van der Waals surface area contributed by atoms with Crippen molar-refractivity contribution in [3.05, 3.63) is 71.8 Å². The van der Waals surface area contributed by atoms with Crippen LogP contribution >= 0.6 is 0 Å². The SMILES string of the molecule is COC(=O)C1C(c2ccc(C)cc2)=CC(OC)C2(O)CN(c3ccccc3)C(=O)C12. The van der Waals surface area contributed by atoms with Gasteiger partial charge in [0.2, 0.25) is 5.91 Å². The van der Waals surface area contributed by atoms with Crippen LogP contribution in [0, 0.1) is 18.8 Å². The number of amides is 1. The van der Waals surface area contributed by atoms with Gasteiger partial charge in [-0.05, 0) is 36.3 Å². The average Bonchev–Trinajstić information content (AvgIpc) is 3.04. The number of aryl methyl sites for hydroxylation is 1. The highest BCUT2D eigenvalue weighted by molar-refractivity contribution is 6.05. The molecule has 0 saturated carbocycles. The third-order valence-electron chi connectivity index (χ3n) is 6.14. The Labute approximate surface area is 175 Å². The van der Waals surface area contributed by atoms with Crippen molar-refractivity contribution >= 4 is 23.1 Å². The molecule has 4 rings (SSSR count). The third-order valence-corrected chi connectivity index (χ3v) is 6.14. The van der Waals surface area contributed by atoms with Gasteiger partial charge < -0.3 is 19.5 Å². The number of carbonyl (C=O) groups excluding carboxylic acids is 2. The van der Waals surface area contributed by atoms with Crippen LogP contribution in [0.5, 0.6) is 0 Å². The minimum absolute atomic E-state index is 0.0319. The summed E-state index contributed by atoms with van der Waals surface area (Å²) in [4.78, 5) is 28.0. The Kier molecular flexibility index (Phi) is 5.22. The standard InChI is InChI=1S/C24H25NO5/c1-15-9-11-16(12-10-15)18-13-19(29-2)24(28)14-25(17-7-5-4-6-8-17)22(26)21(24)20(18)23(27)30-3/h4-13,19-21,28H,14H2,1-3H3. The van der Waals surface area contributed by atoms with E-state index in [4.69, 9.17) is 9.47 Å². The van der Waals surface area contributed by atoms with E-state index in [1.807, 2.05) is 61.5 Å². The number of benzene rings is 2. The second-order valence-corrected chi connectivity index (χ2v) is 7.87. The molecular formula is C24H25NO5. The van der Waals surface area contributed by atoms with Crippen molar-refractivity contribution in [3.63, 3.8) is 0 Å². The zero-order valence-electron chi connectivity index (χ0n) is 17.2. The zero-order valence-corrected chi connectivity index (χ0v) is 17.2. The number of fused-ring (bicyclic) bond motifs is 1. The first-order valence-corrected chi connectivity index (χ1v) is 9.89. The molecule has 4 atom stereocenters. The number of ether oxygens (including phenoxy) is 2. The summed E-state index contributed by atoms with van der Waals surface area (Å²) in [5.41, 5.74) is 1.62. The molecule has 0 radical (unpaired) electrons. The van der Waals surface area contributed by atoms with Crippen LogP contribution in [0.15, 0.2) is 60.7 Å². The molecule has 1 saturated heterocycles. The van der Waals surface area contributed by atoms with Crippen molar-refractivity contribution in [2.45, 2.75) is 18.6 Å². The van der Waals surface area contributed by atoms with E-state index in [1.165, 1.54) is 19.1 Å². The van der Waals surface area contributed by atoms with E-state index < -0.39 is 29.5 Å². The van der Waals surface area contributed by atoms with Crippen molar-refractivity contribution < 1.29 is 24.2 Å². The van der Waals surface area contributed by atoms with Crippen LogP contribution in [0.25, 0.3) is 5.57 Å². The molecule has 2 aromatic carbocycles. The monoisotopic (exact) mass is 407 g/mol. The molecule has 1 N–H and O–H groups in total. The first-order valence-electron chi connectivity index (χ1n) is 9.89. The molecule has 1 aliphatic heterocycles. The first-order chi connectivity index (χ1) is 14.4. The van der Waals surface area contributed by atoms with Gasteiger partial charge >= 0.3 is 5.97 Å². The maximum absolute atomic E-state index is 13.5. The minimum atomic E-state index is -1.56. The molecule has 4 unspecified atom stereocenters. The largest absolute Gasteiger partial charge is 0.469 e. The van der Waals surface area contributed by atoms with Gasteiger partial charge in [-0.25, -0.2) is 0 Å². The summed E-state index contributed by atoms with van der Waals surface area (Å²) in [5, 5.41) is 11.7. The highest BCUT2D eigenvalue weighted by atomic mass is 16.5. The van der Waals surface area contributed by atoms with Gasteiger partial charge in [-0.1, -0.05) is 48.0 Å². The van der Waals surface area contributed by atoms with Gasteiger partial charge in [0.15, 0.2) is 0 Å². The Morgan fingerprint density at radius 3 is 2.37 bits per heavy atom. The van der Waals surface area contributed by atoms with Gasteiger partial charge in [-0.15, -0.1) is 0 Å². The number of carbonyl (C=O) groups is 2. The molecule has 0 spiro atoms. The number of para-hydroxylation sites is 1. The van der Waals surface area contributed by atoms with E-state index in [0.29, 0.717) is 11.3 Å². The molecule has 1 aliphatic carbocycles. The molecule has 0 aromatic heterocycles. The molecule has 30 heavy (non-hydrogen) atoms. The summed E-state index contributed by atoms with van der Waals surface area (Å²) in [7, 11) is 2.79. The lowest BCUT2D eigenvalue weighted by Crippen LogP contribution is -2.56. The fourth-order valence-corrected chi connectivity index (χ4v) is 4.61. The highest BCUT2D eigenvalue weighted by Gasteiger charge is 2.63. The summed E-state index contributed by atoms with van der Waals surface area (Å²) in [6.07, 6.45) is 1.00. The highest BCUT2D eigenvalue weighted by Crippen LogP contribution is 2.49. The van der Waals surface area contributed by atoms with Crippen LogP contribution in [-0.2, 0) is 19.1 Å². The Balaban J connectivity index is 1.85. The first kappa shape index (κ1) is 20.3. The number of esters is 1. The van der Waals surface area contributed by atoms with Gasteiger partial charge in [0.1, 0.15) is 11.7 Å². The second kappa shape index (κ2) is 7.70. The number of aliphatic hydroxyl groups is 1. The summed E-state index contributed by atoms with van der Waals surface area (Å²) in [6.45, 7) is 2.01. The van der Waals surface area contributed by atoms with Crippen LogP contribution < -0.4 is 4.90 Å². The molecular weight excluding hydrogens is 382 g/mol. The molecule has 6 nitrogen and oxygen atoms in total. The fraction of sp³-hybridized carbons (Fsp3) is 0.333. The lowest BCUT2D eigenvalue weighted by Gasteiger charge is -2.41. The Hall–Kier alpha value is -2.96. The van der Waals surface area contributed by atoms with Crippen molar-refractivity contribution in [2.75, 3.05) is 25.7 Å². The van der Waals surface area contributed by atoms with Crippen LogP contribution in [0.3, 0.4) is 0 Å². The van der Waals surface area contributed by atoms with Gasteiger partial charge in [0.25, 0.3) is 0 Å². The molecule has 6 heteroatoms. The fourth-order valence-electron chi connectivity index (χ4n) is 4.61. The summed E-state index contributed by atoms with van der Waals surface area (Å²) < 4.78 is 10.7. The topological polar surface area (TPSA) is 76.1 Å². The molecule has 2 aromatic rings. The summed E-state index contributed by atoms with van der Waals surface area (Å²) in [6, 6.07) is 16.8. The van der Waals surface area contributed by atoms with E-state index in [9.17, 15) is 14.7 Å². The third kappa shape index (κ3) is 3.13. The number of nitrogens with zero attached hydrogens (tertiary/aromatic N) is 1. The van der Waals surface area contributed by atoms with Crippen molar-refractivity contribution in [3.8, 4) is 0 Å². The average molecular weight is 407 g/mol. The van der Waals surface area contributed by atoms with Gasteiger partial charge in [0.05, 0.1) is 25.5 Å². The van der Waals surface area contributed by atoms with Crippen molar-refractivity contribution in [1.82, 2.24) is 0 Å². The van der Waals surface area contributed by atoms with E-state index >= 15 is 0 Å². The number of anilines is 1. The van der Waals surface area contributed by atoms with Gasteiger partial charge in [-0.2, -0.15) is 0 Å². The van der Waals surface area contributed by atoms with E-state index in [0.717, 1.165) is 11.1 Å². The molecule has 0 bridgehead atoms. The van der Waals surface area contributed by atoms with Crippen LogP contribution in [0.2, 0.25) is 0 Å². The predicted octanol–water partition coefficient (Wildman–Crippen LogP) is 2.59. The predicted molar refractivity (Wildman–Crippen MR) is 113 cm³/mol. The lowest BCUT2D eigenvalue weighted by molar-refractivity contribution is -0.157. The van der Waals surface area contributed by atoms with Gasteiger partial charge in [-0.3, -0.25) is 9.59 Å². The Morgan fingerprint density at radius 1 is 1.10 bits per heavy atom. The number of hydrogen-bond donors (Lipinski definition) is 1. The molecule has 1 heterocycles. The number of hydrogen-bond acceptors (Lipinski definition) is 5. The van der Waals surface area contributed by atoms with Crippen LogP contribution in [-0.4, -0.2) is 49.5 Å². The van der Waals surface area contributed by atoms with E-state index in [1.54, 1.807) is 6.08 Å². The quantitative estimate of drug-likeness (QED) is 0.789. The summed E-state index contributed by atoms with van der Waals surface area (Å²) in [5.74, 6) is -2.83. The molecule has 1 amide bonds. The van der Waals surface area contributed by atoms with Crippen LogP contribution in [0.4, 0.5) is 5.69 Å². The number of methoxy groups -OCH3 is 2. The lowest BCUT2D eigenvalue weighted by atomic mass is 9.67. The molecule has 2 aliphatic rings. The zero-order chi connectivity index (χ0) is 21.5. The molecule has 1 fully saturated rings. The van der Waals surface area contributed by atoms with Crippen LogP contribution in [0.1, 0.15) is 11.1 Å². The van der Waals surface area contributed by atoms with E-state index in [-0.39, 0.29) is 12.5 Å². The second-order valence-electron chi connectivity index (χ2n) is 7.87. The van der Waals surface area contributed by atoms with Crippen molar-refractivity contribution in [2.24, 2.45) is 11.8 Å². The summed E-state index contributed by atoms with van der Waals surface area (Å²) >= 11 is 0. The normalized spacial score (nSPS) is 28.1.